The van der Waals surface area contributed by atoms with E-state index < -0.39 is 6.16 Å². The lowest BCUT2D eigenvalue weighted by Crippen LogP contribution is -2.10. The second-order valence-corrected chi connectivity index (χ2v) is 2.45. The van der Waals surface area contributed by atoms with Crippen LogP contribution in [0.25, 0.3) is 0 Å². The van der Waals surface area contributed by atoms with Crippen molar-refractivity contribution in [1.82, 2.24) is 0 Å². The predicted molar refractivity (Wildman–Crippen MR) is 38.1 cm³/mol. The average Bonchev–Trinajstić information content (AvgIpc) is 2.16. The van der Waals surface area contributed by atoms with Gasteiger partial charge in [-0.2, -0.15) is 0 Å². The third-order valence-corrected chi connectivity index (χ3v) is 1.59. The number of hydrogen-bond acceptors (Lipinski definition) is 3. The van der Waals surface area contributed by atoms with Gasteiger partial charge in [-0.1, -0.05) is 11.6 Å². The summed E-state index contributed by atoms with van der Waals surface area (Å²) in [6, 6.07) is 4.73. The average molecular weight is 171 g/mol. The van der Waals surface area contributed by atoms with Gasteiger partial charge < -0.3 is 9.47 Å². The molecular weight excluding hydrogens is 168 g/mol. The first-order valence-electron chi connectivity index (χ1n) is 2.95. The first-order valence-corrected chi connectivity index (χ1v) is 3.33. The lowest BCUT2D eigenvalue weighted by atomic mass is 10.3. The molecule has 0 unspecified atom stereocenters. The molecule has 0 amide bonds. The van der Waals surface area contributed by atoms with Gasteiger partial charge in [-0.25, -0.2) is 4.79 Å². The van der Waals surface area contributed by atoms with Gasteiger partial charge in [0.05, 0.1) is 5.02 Å². The first-order chi connectivity index (χ1) is 5.25. The minimum absolute atomic E-state index is 0.331. The van der Waals surface area contributed by atoms with Gasteiger partial charge in [-0.3, -0.25) is 0 Å². The Hall–Kier alpha value is -1.22. The molecule has 11 heavy (non-hydrogen) atoms. The minimum atomic E-state index is -0.744. The maximum absolute atomic E-state index is 10.7. The number of halogens is 1. The molecule has 2 bridgehead atoms. The van der Waals surface area contributed by atoms with Crippen LogP contribution >= 0.6 is 11.6 Å². The van der Waals surface area contributed by atoms with Gasteiger partial charge in [0, 0.05) is 6.07 Å². The largest absolute Gasteiger partial charge is 0.519 e. The molecule has 0 N–H and O–H groups in total. The summed E-state index contributed by atoms with van der Waals surface area (Å²) in [6.07, 6.45) is -0.744. The van der Waals surface area contributed by atoms with Crippen LogP contribution in [0.1, 0.15) is 0 Å². The number of hydrogen-bond donors (Lipinski definition) is 0. The van der Waals surface area contributed by atoms with Gasteiger partial charge in [0.15, 0.2) is 5.75 Å². The summed E-state index contributed by atoms with van der Waals surface area (Å²) < 4.78 is 9.32. The third-order valence-electron chi connectivity index (χ3n) is 1.30. The summed E-state index contributed by atoms with van der Waals surface area (Å²) in [5, 5.41) is 0.383. The molecule has 0 radical (unpaired) electrons. The molecule has 1 aromatic carbocycles. The van der Waals surface area contributed by atoms with E-state index in [4.69, 9.17) is 11.6 Å². The summed E-state index contributed by atoms with van der Waals surface area (Å²) >= 11 is 5.68. The molecule has 0 saturated heterocycles. The highest BCUT2D eigenvalue weighted by Crippen LogP contribution is 2.31. The van der Waals surface area contributed by atoms with E-state index in [1.807, 2.05) is 0 Å². The summed E-state index contributed by atoms with van der Waals surface area (Å²) in [5.74, 6) is 0.735. The molecule has 2 aliphatic rings. The molecule has 1 aromatic rings. The molecule has 0 aromatic heterocycles. The fraction of sp³-hybridized carbons (Fsp3) is 0. The highest BCUT2D eigenvalue weighted by atomic mass is 35.5. The van der Waals surface area contributed by atoms with Crippen molar-refractivity contribution in [3.8, 4) is 11.5 Å². The van der Waals surface area contributed by atoms with Crippen molar-refractivity contribution in [3.05, 3.63) is 23.2 Å². The second kappa shape index (κ2) is 2.13. The first kappa shape index (κ1) is 6.49. The fourth-order valence-corrected chi connectivity index (χ4v) is 1.04. The Balaban J connectivity index is 2.59. The maximum atomic E-state index is 10.7. The number of rotatable bonds is 0. The van der Waals surface area contributed by atoms with Gasteiger partial charge in [-0.15, -0.1) is 0 Å². The molecule has 0 aliphatic carbocycles. The van der Waals surface area contributed by atoms with E-state index in [0.29, 0.717) is 16.5 Å². The van der Waals surface area contributed by atoms with Crippen LogP contribution in [0.4, 0.5) is 4.79 Å². The minimum Gasteiger partial charge on any atom is -0.395 e. The van der Waals surface area contributed by atoms with Crippen molar-refractivity contribution in [2.45, 2.75) is 0 Å². The molecule has 56 valence electrons. The highest BCUT2D eigenvalue weighted by molar-refractivity contribution is 6.32. The fourth-order valence-electron chi connectivity index (χ4n) is 0.835. The number of ether oxygens (including phenoxy) is 2. The standard InChI is InChI=1S/C7H3ClO3/c8-5-3-4-1-2-6(5)11-7(9)10-4/h1-3H. The van der Waals surface area contributed by atoms with E-state index in [1.165, 1.54) is 6.07 Å². The third kappa shape index (κ3) is 1.03. The van der Waals surface area contributed by atoms with Crippen LogP contribution in [0.3, 0.4) is 0 Å². The zero-order valence-corrected chi connectivity index (χ0v) is 6.09. The van der Waals surface area contributed by atoms with Gasteiger partial charge in [0.1, 0.15) is 5.75 Å². The highest BCUT2D eigenvalue weighted by Gasteiger charge is 2.16. The van der Waals surface area contributed by atoms with Crippen LogP contribution in [0.5, 0.6) is 11.5 Å². The predicted octanol–water partition coefficient (Wildman–Crippen LogP) is 2.23. The Morgan fingerprint density at radius 2 is 2.09 bits per heavy atom. The van der Waals surface area contributed by atoms with E-state index in [0.717, 1.165) is 0 Å². The normalized spacial score (nSPS) is 13.7. The molecule has 3 rings (SSSR count). The summed E-state index contributed by atoms with van der Waals surface area (Å²) in [4.78, 5) is 10.7. The van der Waals surface area contributed by atoms with Gasteiger partial charge >= 0.3 is 6.16 Å². The second-order valence-electron chi connectivity index (χ2n) is 2.05. The van der Waals surface area contributed by atoms with Gasteiger partial charge in [-0.05, 0) is 12.1 Å². The number of carbonyl (C=O) groups excluding carboxylic acids is 1. The lowest BCUT2D eigenvalue weighted by Gasteiger charge is -1.95. The molecule has 3 nitrogen and oxygen atoms in total. The van der Waals surface area contributed by atoms with E-state index in [-0.39, 0.29) is 0 Å². The zero-order chi connectivity index (χ0) is 7.84. The number of carbonyl (C=O) groups is 1. The number of benzene rings is 1. The van der Waals surface area contributed by atoms with Crippen molar-refractivity contribution in [2.24, 2.45) is 0 Å². The Kier molecular flexibility index (Phi) is 1.26. The smallest absolute Gasteiger partial charge is 0.395 e. The molecule has 0 saturated carbocycles. The molecule has 2 aliphatic heterocycles. The molecule has 0 fully saturated rings. The SMILES string of the molecule is O=C1Oc2ccc(c(Cl)c2)O1. The summed E-state index contributed by atoms with van der Waals surface area (Å²) in [6.45, 7) is 0. The topological polar surface area (TPSA) is 35.5 Å². The van der Waals surface area contributed by atoms with Crippen LogP contribution in [-0.4, -0.2) is 6.16 Å². The van der Waals surface area contributed by atoms with E-state index >= 15 is 0 Å². The Morgan fingerprint density at radius 1 is 1.27 bits per heavy atom. The van der Waals surface area contributed by atoms with Crippen LogP contribution in [0, 0.1) is 0 Å². The van der Waals surface area contributed by atoms with Crippen LogP contribution in [-0.2, 0) is 0 Å². The zero-order valence-electron chi connectivity index (χ0n) is 5.33. The van der Waals surface area contributed by atoms with Crippen LogP contribution in [0.2, 0.25) is 5.02 Å². The summed E-state index contributed by atoms with van der Waals surface area (Å²) in [7, 11) is 0. The van der Waals surface area contributed by atoms with Crippen LogP contribution in [0.15, 0.2) is 18.2 Å². The van der Waals surface area contributed by atoms with Crippen molar-refractivity contribution < 1.29 is 14.3 Å². The van der Waals surface area contributed by atoms with Crippen molar-refractivity contribution in [2.75, 3.05) is 0 Å². The number of fused-ring (bicyclic) bond motifs is 4. The van der Waals surface area contributed by atoms with Crippen molar-refractivity contribution >= 4 is 17.8 Å². The molecular formula is C7H3ClO3. The Labute approximate surface area is 67.5 Å². The Bertz CT molecular complexity index is 321. The molecule has 2 heterocycles. The Morgan fingerprint density at radius 3 is 2.82 bits per heavy atom. The monoisotopic (exact) mass is 170 g/mol. The molecule has 4 heteroatoms. The molecule has 0 atom stereocenters. The van der Waals surface area contributed by atoms with Crippen LogP contribution < -0.4 is 9.47 Å². The van der Waals surface area contributed by atoms with Crippen molar-refractivity contribution in [1.29, 1.82) is 0 Å². The van der Waals surface area contributed by atoms with Crippen molar-refractivity contribution in [3.63, 3.8) is 0 Å². The summed E-state index contributed by atoms with van der Waals surface area (Å²) in [5.41, 5.74) is 0. The lowest BCUT2D eigenvalue weighted by molar-refractivity contribution is 0.155. The van der Waals surface area contributed by atoms with Gasteiger partial charge in [0.25, 0.3) is 0 Å². The van der Waals surface area contributed by atoms with E-state index in [9.17, 15) is 4.79 Å². The van der Waals surface area contributed by atoms with Gasteiger partial charge in [0.2, 0.25) is 0 Å². The molecule has 0 spiro atoms. The quantitative estimate of drug-likeness (QED) is 0.443. The van der Waals surface area contributed by atoms with E-state index in [2.05, 4.69) is 9.47 Å². The van der Waals surface area contributed by atoms with E-state index in [1.54, 1.807) is 12.1 Å². The maximum Gasteiger partial charge on any atom is 0.519 e.